The van der Waals surface area contributed by atoms with Crippen LogP contribution >= 0.6 is 0 Å². The van der Waals surface area contributed by atoms with Gasteiger partial charge < -0.3 is 14.2 Å². The van der Waals surface area contributed by atoms with Crippen molar-refractivity contribution < 1.29 is 28.6 Å². The van der Waals surface area contributed by atoms with Gasteiger partial charge in [-0.1, -0.05) is 278 Å². The molecule has 0 aromatic carbocycles. The number of allylic oxidation sites excluding steroid dienone is 18. The van der Waals surface area contributed by atoms with Crippen molar-refractivity contribution in [2.75, 3.05) is 13.2 Å². The van der Waals surface area contributed by atoms with E-state index < -0.39 is 6.10 Å². The minimum atomic E-state index is -0.787. The zero-order chi connectivity index (χ0) is 56.4. The van der Waals surface area contributed by atoms with Crippen LogP contribution in [0.15, 0.2) is 109 Å². The number of carbonyl (C=O) groups excluding carboxylic acids is 3. The second kappa shape index (κ2) is 65.6. The Hall–Kier alpha value is -3.93. The molecule has 1 unspecified atom stereocenters. The van der Waals surface area contributed by atoms with Crippen LogP contribution in [0.1, 0.15) is 310 Å². The van der Waals surface area contributed by atoms with Crippen LogP contribution in [0.4, 0.5) is 0 Å². The summed E-state index contributed by atoms with van der Waals surface area (Å²) in [6, 6.07) is 0. The lowest BCUT2D eigenvalue weighted by atomic mass is 10.0. The van der Waals surface area contributed by atoms with Gasteiger partial charge in [0.05, 0.1) is 0 Å². The van der Waals surface area contributed by atoms with Gasteiger partial charge in [-0.3, -0.25) is 14.4 Å². The van der Waals surface area contributed by atoms with E-state index in [0.29, 0.717) is 19.3 Å². The summed E-state index contributed by atoms with van der Waals surface area (Å²) in [6.45, 7) is 6.47. The van der Waals surface area contributed by atoms with Crippen molar-refractivity contribution in [2.45, 2.75) is 316 Å². The van der Waals surface area contributed by atoms with Crippen molar-refractivity contribution in [1.82, 2.24) is 0 Å². The average molecular weight is 1080 g/mol. The third-order valence-electron chi connectivity index (χ3n) is 14.0. The summed E-state index contributed by atoms with van der Waals surface area (Å²) in [6.07, 6.45) is 89.6. The number of rotatable bonds is 59. The van der Waals surface area contributed by atoms with Crippen molar-refractivity contribution in [3.8, 4) is 0 Å². The minimum absolute atomic E-state index is 0.0841. The highest BCUT2D eigenvalue weighted by Crippen LogP contribution is 2.16. The molecule has 446 valence electrons. The summed E-state index contributed by atoms with van der Waals surface area (Å²) in [5, 5.41) is 0. The maximum Gasteiger partial charge on any atom is 0.306 e. The van der Waals surface area contributed by atoms with E-state index >= 15 is 0 Å². The van der Waals surface area contributed by atoms with Crippen molar-refractivity contribution in [1.29, 1.82) is 0 Å². The molecule has 0 saturated heterocycles. The molecular formula is C72H122O6. The van der Waals surface area contributed by atoms with Gasteiger partial charge in [0.25, 0.3) is 0 Å². The summed E-state index contributed by atoms with van der Waals surface area (Å²) >= 11 is 0. The second-order valence-electron chi connectivity index (χ2n) is 21.6. The molecule has 0 spiro atoms. The summed E-state index contributed by atoms with van der Waals surface area (Å²) in [5.41, 5.74) is 0. The van der Waals surface area contributed by atoms with Gasteiger partial charge in [-0.2, -0.15) is 0 Å². The van der Waals surface area contributed by atoms with Crippen molar-refractivity contribution in [2.24, 2.45) is 0 Å². The maximum absolute atomic E-state index is 12.9. The first-order valence-corrected chi connectivity index (χ1v) is 32.9. The standard InChI is InChI=1S/C72H122O6/c1-4-7-10-13-16-19-22-24-26-28-30-31-32-33-34-35-36-37-38-39-40-41-42-44-45-47-50-53-56-59-62-65-71(74)77-68-69(67-76-70(73)64-61-58-55-52-49-21-18-15-12-9-6-3)78-72(75)66-63-60-57-54-51-48-46-43-29-27-25-23-20-17-14-11-8-5-2/h7,10,15-16,18-20,23-24,26-27,29-31,33-34,36-37,69H,4-6,8-9,11-14,17,21-22,25,28,32,35,38-68H2,1-3H3/b10-7-,18-15-,19-16-,23-20-,26-24-,29-27-,31-30-,34-33-,37-36-. The van der Waals surface area contributed by atoms with Crippen LogP contribution in [-0.2, 0) is 28.6 Å². The van der Waals surface area contributed by atoms with Gasteiger partial charge in [-0.05, 0) is 122 Å². The molecule has 0 bridgehead atoms. The topological polar surface area (TPSA) is 78.9 Å². The lowest BCUT2D eigenvalue weighted by molar-refractivity contribution is -0.167. The number of esters is 3. The first-order valence-electron chi connectivity index (χ1n) is 32.9. The van der Waals surface area contributed by atoms with Gasteiger partial charge in [-0.25, -0.2) is 0 Å². The fourth-order valence-corrected chi connectivity index (χ4v) is 9.05. The minimum Gasteiger partial charge on any atom is -0.462 e. The third-order valence-corrected chi connectivity index (χ3v) is 14.0. The molecule has 0 radical (unpaired) electrons. The molecule has 0 fully saturated rings. The maximum atomic E-state index is 12.9. The summed E-state index contributed by atoms with van der Waals surface area (Å²) in [4.78, 5) is 38.3. The van der Waals surface area contributed by atoms with Crippen LogP contribution in [0.3, 0.4) is 0 Å². The molecule has 0 aliphatic heterocycles. The quantitative estimate of drug-likeness (QED) is 0.0261. The molecule has 0 aromatic heterocycles. The van der Waals surface area contributed by atoms with Gasteiger partial charge in [0.2, 0.25) is 0 Å². The summed E-state index contributed by atoms with van der Waals surface area (Å²) in [7, 11) is 0. The number of carbonyl (C=O) groups is 3. The fourth-order valence-electron chi connectivity index (χ4n) is 9.05. The molecule has 0 aromatic rings. The summed E-state index contributed by atoms with van der Waals surface area (Å²) in [5.74, 6) is -0.896. The molecule has 0 saturated carbocycles. The summed E-state index contributed by atoms with van der Waals surface area (Å²) < 4.78 is 16.9. The van der Waals surface area contributed by atoms with E-state index in [1.807, 2.05) is 0 Å². The highest BCUT2D eigenvalue weighted by molar-refractivity contribution is 5.71. The van der Waals surface area contributed by atoms with E-state index in [4.69, 9.17) is 14.2 Å². The molecule has 0 rings (SSSR count). The largest absolute Gasteiger partial charge is 0.462 e. The van der Waals surface area contributed by atoms with Crippen molar-refractivity contribution in [3.05, 3.63) is 109 Å². The lowest BCUT2D eigenvalue weighted by Gasteiger charge is -2.18. The second-order valence-corrected chi connectivity index (χ2v) is 21.6. The lowest BCUT2D eigenvalue weighted by Crippen LogP contribution is -2.30. The van der Waals surface area contributed by atoms with E-state index in [1.54, 1.807) is 0 Å². The van der Waals surface area contributed by atoms with Gasteiger partial charge in [0.1, 0.15) is 13.2 Å². The van der Waals surface area contributed by atoms with Crippen molar-refractivity contribution in [3.63, 3.8) is 0 Å². The van der Waals surface area contributed by atoms with E-state index in [9.17, 15) is 14.4 Å². The molecule has 0 amide bonds. The highest BCUT2D eigenvalue weighted by Gasteiger charge is 2.19. The van der Waals surface area contributed by atoms with Crippen molar-refractivity contribution >= 4 is 17.9 Å². The molecule has 6 heteroatoms. The molecule has 1 atom stereocenters. The SMILES string of the molecule is CC/C=C\C/C=C\C/C=C\C/C=C\C/C=C\C/C=C\CCCCCCCCCCCCCCC(=O)OCC(COC(=O)CCCCCCC/C=C\CCCC)OC(=O)CCCCCCCCC/C=C\C/C=C\CCCCCC. The number of unbranched alkanes of at least 4 members (excludes halogenated alkanes) is 30. The Bertz CT molecular complexity index is 1570. The Morgan fingerprint density at radius 1 is 0.269 bits per heavy atom. The highest BCUT2D eigenvalue weighted by atomic mass is 16.6. The van der Waals surface area contributed by atoms with Gasteiger partial charge in [0.15, 0.2) is 6.10 Å². The normalized spacial score (nSPS) is 12.8. The Morgan fingerprint density at radius 2 is 0.513 bits per heavy atom. The molecule has 6 nitrogen and oxygen atoms in total. The molecule has 0 heterocycles. The Balaban J connectivity index is 4.23. The number of hydrogen-bond acceptors (Lipinski definition) is 6. The zero-order valence-corrected chi connectivity index (χ0v) is 51.2. The Morgan fingerprint density at radius 3 is 0.833 bits per heavy atom. The van der Waals surface area contributed by atoms with Crippen LogP contribution in [0.5, 0.6) is 0 Å². The van der Waals surface area contributed by atoms with Crippen LogP contribution in [-0.4, -0.2) is 37.2 Å². The van der Waals surface area contributed by atoms with Crippen LogP contribution < -0.4 is 0 Å². The molecule has 0 aliphatic rings. The molecular weight excluding hydrogens is 961 g/mol. The van der Waals surface area contributed by atoms with Gasteiger partial charge in [-0.15, -0.1) is 0 Å². The predicted molar refractivity (Wildman–Crippen MR) is 339 cm³/mol. The molecule has 78 heavy (non-hydrogen) atoms. The van der Waals surface area contributed by atoms with Gasteiger partial charge in [0, 0.05) is 19.3 Å². The average Bonchev–Trinajstić information content (AvgIpc) is 3.44. The van der Waals surface area contributed by atoms with E-state index in [-0.39, 0.29) is 31.1 Å². The zero-order valence-electron chi connectivity index (χ0n) is 51.2. The number of ether oxygens (including phenoxy) is 3. The number of hydrogen-bond donors (Lipinski definition) is 0. The smallest absolute Gasteiger partial charge is 0.306 e. The van der Waals surface area contributed by atoms with Crippen LogP contribution in [0.25, 0.3) is 0 Å². The monoisotopic (exact) mass is 1080 g/mol. The van der Waals surface area contributed by atoms with E-state index in [2.05, 4.69) is 130 Å². The fraction of sp³-hybridized carbons (Fsp3) is 0.708. The van der Waals surface area contributed by atoms with E-state index in [1.165, 1.54) is 154 Å². The Kier molecular flexibility index (Phi) is 62.3. The molecule has 0 N–H and O–H groups in total. The van der Waals surface area contributed by atoms with E-state index in [0.717, 1.165) is 116 Å². The first-order chi connectivity index (χ1) is 38.5. The predicted octanol–water partition coefficient (Wildman–Crippen LogP) is 22.6. The van der Waals surface area contributed by atoms with Crippen LogP contribution in [0, 0.1) is 0 Å². The van der Waals surface area contributed by atoms with Crippen LogP contribution in [0.2, 0.25) is 0 Å². The van der Waals surface area contributed by atoms with Gasteiger partial charge >= 0.3 is 17.9 Å². The molecule has 0 aliphatic carbocycles. The first kappa shape index (κ1) is 74.1. The Labute approximate surface area is 482 Å². The third kappa shape index (κ3) is 62.9.